The van der Waals surface area contributed by atoms with Crippen LogP contribution in [0.15, 0.2) is 29.2 Å². The van der Waals surface area contributed by atoms with Crippen LogP contribution in [0.3, 0.4) is 0 Å². The number of anilines is 1. The smallest absolute Gasteiger partial charge is 0.341 e. The highest BCUT2D eigenvalue weighted by Crippen LogP contribution is 2.24. The fraction of sp³-hybridized carbons (Fsp3) is 0.538. The number of nitrogens with one attached hydrogen (secondary N) is 1. The van der Waals surface area contributed by atoms with Gasteiger partial charge in [0.15, 0.2) is 0 Å². The SMILES string of the molecule is CCC1CNCCN1c1ccc(S(=O)(=O)C(F)F)cc1. The topological polar surface area (TPSA) is 49.4 Å². The first-order valence-corrected chi connectivity index (χ1v) is 8.11. The Balaban J connectivity index is 2.24. The van der Waals surface area contributed by atoms with E-state index in [2.05, 4.69) is 17.1 Å². The molecule has 112 valence electrons. The molecule has 0 bridgehead atoms. The van der Waals surface area contributed by atoms with E-state index in [1.807, 2.05) is 0 Å². The first-order valence-electron chi connectivity index (χ1n) is 6.56. The second-order valence-corrected chi connectivity index (χ2v) is 6.68. The summed E-state index contributed by atoms with van der Waals surface area (Å²) in [6.45, 7) is 4.63. The van der Waals surface area contributed by atoms with Crippen LogP contribution in [0.2, 0.25) is 0 Å². The Labute approximate surface area is 117 Å². The Hall–Kier alpha value is -1.21. The molecular weight excluding hydrogens is 286 g/mol. The molecule has 1 unspecified atom stereocenters. The van der Waals surface area contributed by atoms with E-state index in [1.54, 1.807) is 12.1 Å². The van der Waals surface area contributed by atoms with Crippen molar-refractivity contribution in [3.05, 3.63) is 24.3 Å². The zero-order valence-corrected chi connectivity index (χ0v) is 12.0. The second kappa shape index (κ2) is 6.05. The van der Waals surface area contributed by atoms with E-state index in [-0.39, 0.29) is 4.90 Å². The average Bonchev–Trinajstić information content (AvgIpc) is 2.47. The fourth-order valence-corrected chi connectivity index (χ4v) is 3.12. The van der Waals surface area contributed by atoms with Crippen LogP contribution in [0.25, 0.3) is 0 Å². The zero-order valence-electron chi connectivity index (χ0n) is 11.2. The van der Waals surface area contributed by atoms with Crippen molar-refractivity contribution >= 4 is 15.5 Å². The third-order valence-corrected chi connectivity index (χ3v) is 4.95. The molecule has 0 aliphatic carbocycles. The van der Waals surface area contributed by atoms with Gasteiger partial charge >= 0.3 is 5.76 Å². The van der Waals surface area contributed by atoms with Gasteiger partial charge in [0.2, 0.25) is 9.84 Å². The lowest BCUT2D eigenvalue weighted by Gasteiger charge is -2.37. The summed E-state index contributed by atoms with van der Waals surface area (Å²) >= 11 is 0. The van der Waals surface area contributed by atoms with Crippen molar-refractivity contribution in [3.8, 4) is 0 Å². The standard InChI is InChI=1S/C13H18F2N2O2S/c1-2-10-9-16-7-8-17(10)11-3-5-12(6-4-11)20(18,19)13(14)15/h3-6,10,13,16H,2,7-9H2,1H3. The predicted molar refractivity (Wildman–Crippen MR) is 73.9 cm³/mol. The molecule has 0 saturated carbocycles. The van der Waals surface area contributed by atoms with Gasteiger partial charge in [-0.1, -0.05) is 6.92 Å². The molecule has 20 heavy (non-hydrogen) atoms. The summed E-state index contributed by atoms with van der Waals surface area (Å²) < 4.78 is 47.7. The van der Waals surface area contributed by atoms with Crippen LogP contribution < -0.4 is 10.2 Å². The van der Waals surface area contributed by atoms with E-state index >= 15 is 0 Å². The van der Waals surface area contributed by atoms with Crippen molar-refractivity contribution in [3.63, 3.8) is 0 Å². The van der Waals surface area contributed by atoms with Crippen molar-refractivity contribution in [2.45, 2.75) is 30.0 Å². The van der Waals surface area contributed by atoms with Crippen molar-refractivity contribution in [2.75, 3.05) is 24.5 Å². The molecule has 7 heteroatoms. The van der Waals surface area contributed by atoms with Crippen LogP contribution in [0.4, 0.5) is 14.5 Å². The average molecular weight is 304 g/mol. The van der Waals surface area contributed by atoms with Gasteiger partial charge in [0.05, 0.1) is 4.90 Å². The molecule has 1 aromatic carbocycles. The van der Waals surface area contributed by atoms with Crippen LogP contribution in [0.5, 0.6) is 0 Å². The summed E-state index contributed by atoms with van der Waals surface area (Å²) in [7, 11) is -4.51. The van der Waals surface area contributed by atoms with E-state index < -0.39 is 15.6 Å². The molecule has 1 saturated heterocycles. The summed E-state index contributed by atoms with van der Waals surface area (Å²) in [6.07, 6.45) is 0.962. The highest BCUT2D eigenvalue weighted by atomic mass is 32.2. The maximum absolute atomic E-state index is 12.5. The van der Waals surface area contributed by atoms with E-state index in [0.29, 0.717) is 6.04 Å². The van der Waals surface area contributed by atoms with Gasteiger partial charge in [0.1, 0.15) is 0 Å². The number of nitrogens with zero attached hydrogens (tertiary/aromatic N) is 1. The molecular formula is C13H18F2N2O2S. The highest BCUT2D eigenvalue weighted by molar-refractivity contribution is 7.91. The minimum Gasteiger partial charge on any atom is -0.366 e. The maximum atomic E-state index is 12.5. The van der Waals surface area contributed by atoms with E-state index in [9.17, 15) is 17.2 Å². The summed E-state index contributed by atoms with van der Waals surface area (Å²) in [4.78, 5) is 1.84. The molecule has 4 nitrogen and oxygen atoms in total. The van der Waals surface area contributed by atoms with Crippen LogP contribution in [0, 0.1) is 0 Å². The van der Waals surface area contributed by atoms with Crippen LogP contribution in [0.1, 0.15) is 13.3 Å². The summed E-state index contributed by atoms with van der Waals surface area (Å²) in [6, 6.07) is 6.05. The minimum absolute atomic E-state index is 0.334. The van der Waals surface area contributed by atoms with Gasteiger partial charge in [-0.2, -0.15) is 8.78 Å². The third-order valence-electron chi connectivity index (χ3n) is 3.55. The number of hydrogen-bond donors (Lipinski definition) is 1. The van der Waals surface area contributed by atoms with Crippen molar-refractivity contribution < 1.29 is 17.2 Å². The lowest BCUT2D eigenvalue weighted by atomic mass is 10.1. The predicted octanol–water partition coefficient (Wildman–Crippen LogP) is 1.87. The Morgan fingerprint density at radius 1 is 1.35 bits per heavy atom. The number of sulfone groups is 1. The van der Waals surface area contributed by atoms with Crippen molar-refractivity contribution in [1.82, 2.24) is 5.32 Å². The summed E-state index contributed by atoms with van der Waals surface area (Å²) in [5.74, 6) is -3.38. The van der Waals surface area contributed by atoms with Gasteiger partial charge in [-0.15, -0.1) is 0 Å². The molecule has 1 aliphatic rings. The molecule has 1 fully saturated rings. The van der Waals surface area contributed by atoms with Crippen molar-refractivity contribution in [2.24, 2.45) is 0 Å². The number of benzene rings is 1. The molecule has 2 rings (SSSR count). The molecule has 1 aliphatic heterocycles. The normalized spacial score (nSPS) is 20.4. The highest BCUT2D eigenvalue weighted by Gasteiger charge is 2.27. The Kier molecular flexibility index (Phi) is 4.59. The zero-order chi connectivity index (χ0) is 14.8. The molecule has 0 amide bonds. The number of hydrogen-bond acceptors (Lipinski definition) is 4. The number of halogens is 2. The largest absolute Gasteiger partial charge is 0.366 e. The molecule has 0 aromatic heterocycles. The molecule has 1 heterocycles. The maximum Gasteiger partial charge on any atom is 0.341 e. The van der Waals surface area contributed by atoms with E-state index in [4.69, 9.17) is 0 Å². The molecule has 0 spiro atoms. The summed E-state index contributed by atoms with van der Waals surface area (Å²) in [5, 5.41) is 3.30. The third kappa shape index (κ3) is 2.93. The van der Waals surface area contributed by atoms with Crippen LogP contribution in [-0.2, 0) is 9.84 Å². The molecule has 0 radical (unpaired) electrons. The summed E-state index contributed by atoms with van der Waals surface area (Å²) in [5.41, 5.74) is 0.867. The number of piperazine rings is 1. The fourth-order valence-electron chi connectivity index (χ4n) is 2.40. The lowest BCUT2D eigenvalue weighted by molar-refractivity contribution is 0.234. The first kappa shape index (κ1) is 15.2. The van der Waals surface area contributed by atoms with E-state index in [0.717, 1.165) is 31.7 Å². The lowest BCUT2D eigenvalue weighted by Crippen LogP contribution is -2.51. The van der Waals surface area contributed by atoms with Gasteiger partial charge < -0.3 is 10.2 Å². The quantitative estimate of drug-likeness (QED) is 0.922. The van der Waals surface area contributed by atoms with Gasteiger partial charge in [0, 0.05) is 31.4 Å². The first-order chi connectivity index (χ1) is 9.46. The van der Waals surface area contributed by atoms with Crippen molar-refractivity contribution in [1.29, 1.82) is 0 Å². The second-order valence-electron chi connectivity index (χ2n) is 4.76. The monoisotopic (exact) mass is 304 g/mol. The number of rotatable bonds is 4. The molecule has 1 atom stereocenters. The Bertz CT molecular complexity index is 546. The van der Waals surface area contributed by atoms with Crippen LogP contribution >= 0.6 is 0 Å². The Morgan fingerprint density at radius 2 is 2.00 bits per heavy atom. The van der Waals surface area contributed by atoms with Gasteiger partial charge in [-0.05, 0) is 30.7 Å². The number of alkyl halides is 2. The Morgan fingerprint density at radius 3 is 2.55 bits per heavy atom. The van der Waals surface area contributed by atoms with Gasteiger partial charge in [-0.3, -0.25) is 0 Å². The van der Waals surface area contributed by atoms with Gasteiger partial charge in [0.25, 0.3) is 0 Å². The van der Waals surface area contributed by atoms with Crippen LogP contribution in [-0.4, -0.2) is 39.9 Å². The van der Waals surface area contributed by atoms with Gasteiger partial charge in [-0.25, -0.2) is 8.42 Å². The molecule has 1 N–H and O–H groups in total. The molecule has 1 aromatic rings. The minimum atomic E-state index is -4.51. The van der Waals surface area contributed by atoms with E-state index in [1.165, 1.54) is 12.1 Å².